The smallest absolute Gasteiger partial charge is 0.416 e. The Kier molecular flexibility index (Phi) is 13.3. The first-order valence-corrected chi connectivity index (χ1v) is 18.3. The van der Waals surface area contributed by atoms with Crippen LogP contribution in [0.3, 0.4) is 0 Å². The van der Waals surface area contributed by atoms with Gasteiger partial charge in [0.1, 0.15) is 5.75 Å². The van der Waals surface area contributed by atoms with Crippen molar-refractivity contribution >= 4 is 21.6 Å². The van der Waals surface area contributed by atoms with Crippen LogP contribution in [0.25, 0.3) is 0 Å². The van der Waals surface area contributed by atoms with E-state index in [1.54, 1.807) is 36.1 Å². The van der Waals surface area contributed by atoms with Gasteiger partial charge in [-0.3, -0.25) is 14.4 Å². The first-order valence-electron chi connectivity index (χ1n) is 16.9. The molecule has 0 aliphatic carbocycles. The maximum Gasteiger partial charge on any atom is 0.416 e. The molecule has 0 saturated heterocycles. The highest BCUT2D eigenvalue weighted by atomic mass is 32.2. The van der Waals surface area contributed by atoms with Gasteiger partial charge in [0.2, 0.25) is 0 Å². The number of carbonyl (C=O) groups is 1. The van der Waals surface area contributed by atoms with E-state index in [9.17, 15) is 31.5 Å². The number of fused-ring (bicyclic) bond motifs is 1. The number of halogens is 3. The molecule has 0 unspecified atom stereocenters. The molecule has 1 aliphatic rings. The van der Waals surface area contributed by atoms with Gasteiger partial charge in [-0.25, -0.2) is 8.42 Å². The second-order valence-corrected chi connectivity index (χ2v) is 15.0. The number of ether oxygens (including phenoxy) is 2. The highest BCUT2D eigenvalue weighted by Gasteiger charge is 2.32. The summed E-state index contributed by atoms with van der Waals surface area (Å²) in [5.74, 6) is -0.354. The molecular formula is C37H48F3N3O6S. The molecule has 4 rings (SSSR count). The summed E-state index contributed by atoms with van der Waals surface area (Å²) < 4.78 is 80.9. The predicted molar refractivity (Wildman–Crippen MR) is 187 cm³/mol. The highest BCUT2D eigenvalue weighted by molar-refractivity contribution is 7.92. The molecule has 0 spiro atoms. The largest absolute Gasteiger partial charge is 0.490 e. The van der Waals surface area contributed by atoms with E-state index in [4.69, 9.17) is 9.47 Å². The Balaban J connectivity index is 1.61. The third-order valence-electron chi connectivity index (χ3n) is 8.86. The normalized spacial score (nSPS) is 20.5. The Morgan fingerprint density at radius 2 is 1.72 bits per heavy atom. The number of anilines is 1. The Morgan fingerprint density at radius 1 is 1.04 bits per heavy atom. The van der Waals surface area contributed by atoms with Gasteiger partial charge in [-0.1, -0.05) is 36.8 Å². The molecule has 0 radical (unpaired) electrons. The lowest BCUT2D eigenvalue weighted by Gasteiger charge is -2.36. The maximum absolute atomic E-state index is 14.4. The van der Waals surface area contributed by atoms with Crippen LogP contribution >= 0.6 is 0 Å². The van der Waals surface area contributed by atoms with E-state index in [0.717, 1.165) is 36.1 Å². The van der Waals surface area contributed by atoms with E-state index in [-0.39, 0.29) is 47.4 Å². The number of benzene rings is 3. The summed E-state index contributed by atoms with van der Waals surface area (Å²) in [5, 5.41) is 10.2. The zero-order valence-corrected chi connectivity index (χ0v) is 30.1. The van der Waals surface area contributed by atoms with Crippen LogP contribution in [-0.2, 0) is 27.5 Å². The van der Waals surface area contributed by atoms with Crippen LogP contribution < -0.4 is 9.46 Å². The molecule has 1 amide bonds. The Morgan fingerprint density at radius 3 is 2.36 bits per heavy atom. The van der Waals surface area contributed by atoms with Crippen LogP contribution in [0.15, 0.2) is 71.6 Å². The number of aliphatic hydroxyl groups is 1. The minimum absolute atomic E-state index is 0.0815. The summed E-state index contributed by atoms with van der Waals surface area (Å²) in [7, 11) is -2.09. The second kappa shape index (κ2) is 17.0. The Hall–Kier alpha value is -3.65. The number of rotatable bonds is 9. The van der Waals surface area contributed by atoms with Crippen LogP contribution in [0, 0.1) is 12.8 Å². The van der Waals surface area contributed by atoms with Gasteiger partial charge in [-0.05, 0) is 95.1 Å². The van der Waals surface area contributed by atoms with E-state index in [1.165, 1.54) is 30.3 Å². The van der Waals surface area contributed by atoms with Gasteiger partial charge in [-0.2, -0.15) is 13.2 Å². The van der Waals surface area contributed by atoms with Crippen molar-refractivity contribution in [3.05, 3.63) is 89.0 Å². The Labute approximate surface area is 293 Å². The predicted octanol–water partition coefficient (Wildman–Crippen LogP) is 6.74. The van der Waals surface area contributed by atoms with Crippen molar-refractivity contribution in [2.24, 2.45) is 5.92 Å². The molecule has 0 bridgehead atoms. The molecule has 1 aliphatic heterocycles. The van der Waals surface area contributed by atoms with Crippen LogP contribution in [-0.4, -0.2) is 80.8 Å². The molecule has 1 heterocycles. The molecule has 0 aromatic heterocycles. The van der Waals surface area contributed by atoms with E-state index in [2.05, 4.69) is 4.72 Å². The fourth-order valence-electron chi connectivity index (χ4n) is 5.86. The number of amides is 1. The van der Waals surface area contributed by atoms with Crippen molar-refractivity contribution in [2.45, 2.75) is 82.8 Å². The standard InChI is InChI=1S/C37H48F3N3O6S/c1-25-9-16-32(17-10-25)50(46,47)41-31-15-18-34-33(20-31)36(45)43(27(3)24-44)21-26(2)35(48-19-7-6-8-28(4)49-34)23-42(5)22-29-11-13-30(14-12-29)37(38,39)40/h9-18,20,26-28,35,41,44H,6-8,19,21-24H2,1-5H3/t26-,27+,28+,35-/m1/s1. The van der Waals surface area contributed by atoms with E-state index < -0.39 is 33.7 Å². The van der Waals surface area contributed by atoms with E-state index >= 15 is 0 Å². The van der Waals surface area contributed by atoms with Crippen molar-refractivity contribution in [1.82, 2.24) is 9.80 Å². The number of hydrogen-bond acceptors (Lipinski definition) is 7. The van der Waals surface area contributed by atoms with Crippen LogP contribution in [0.5, 0.6) is 5.75 Å². The summed E-state index contributed by atoms with van der Waals surface area (Å²) in [5.41, 5.74) is 1.27. The summed E-state index contributed by atoms with van der Waals surface area (Å²) >= 11 is 0. The van der Waals surface area contributed by atoms with Gasteiger partial charge in [0.05, 0.1) is 40.9 Å². The second-order valence-electron chi connectivity index (χ2n) is 13.3. The number of sulfonamides is 1. The van der Waals surface area contributed by atoms with Crippen molar-refractivity contribution in [2.75, 3.05) is 38.1 Å². The molecule has 9 nitrogen and oxygen atoms in total. The maximum atomic E-state index is 14.4. The van der Waals surface area contributed by atoms with Crippen molar-refractivity contribution < 1.29 is 41.0 Å². The van der Waals surface area contributed by atoms with Crippen molar-refractivity contribution in [1.29, 1.82) is 0 Å². The summed E-state index contributed by atoms with van der Waals surface area (Å²) in [6.07, 6.45) is -2.76. The molecule has 0 fully saturated rings. The fourth-order valence-corrected chi connectivity index (χ4v) is 6.91. The number of hydrogen-bond donors (Lipinski definition) is 2. The van der Waals surface area contributed by atoms with E-state index in [1.807, 2.05) is 32.7 Å². The fraction of sp³-hybridized carbons (Fsp3) is 0.486. The molecular weight excluding hydrogens is 671 g/mol. The minimum Gasteiger partial charge on any atom is -0.490 e. The van der Waals surface area contributed by atoms with Gasteiger partial charge in [0, 0.05) is 37.8 Å². The topological polar surface area (TPSA) is 108 Å². The van der Waals surface area contributed by atoms with Crippen LogP contribution in [0.4, 0.5) is 18.9 Å². The molecule has 2 N–H and O–H groups in total. The lowest BCUT2D eigenvalue weighted by atomic mass is 10.0. The quantitative estimate of drug-likeness (QED) is 0.252. The number of aliphatic hydroxyl groups excluding tert-OH is 1. The third-order valence-corrected chi connectivity index (χ3v) is 10.3. The molecule has 3 aromatic rings. The van der Waals surface area contributed by atoms with Gasteiger partial charge in [0.25, 0.3) is 15.9 Å². The van der Waals surface area contributed by atoms with Crippen LogP contribution in [0.1, 0.15) is 67.1 Å². The SMILES string of the molecule is Cc1ccc(S(=O)(=O)Nc2ccc3c(c2)C(=O)N([C@@H](C)CO)C[C@@H](C)[C@@H](CN(C)Cc2ccc(C(F)(F)F)cc2)OCCCC[C@H](C)O3)cc1. The van der Waals surface area contributed by atoms with Crippen molar-refractivity contribution in [3.63, 3.8) is 0 Å². The van der Waals surface area contributed by atoms with Gasteiger partial charge < -0.3 is 19.5 Å². The number of nitrogens with one attached hydrogen (secondary N) is 1. The average Bonchev–Trinajstić information content (AvgIpc) is 3.06. The monoisotopic (exact) mass is 719 g/mol. The van der Waals surface area contributed by atoms with Crippen LogP contribution in [0.2, 0.25) is 0 Å². The number of aryl methyl sites for hydroxylation is 1. The molecule has 3 aromatic carbocycles. The van der Waals surface area contributed by atoms with Crippen molar-refractivity contribution in [3.8, 4) is 5.75 Å². The number of nitrogens with zero attached hydrogens (tertiary/aromatic N) is 2. The zero-order chi connectivity index (χ0) is 36.6. The summed E-state index contributed by atoms with van der Waals surface area (Å²) in [4.78, 5) is 18.0. The zero-order valence-electron chi connectivity index (χ0n) is 29.2. The molecule has 13 heteroatoms. The molecule has 50 heavy (non-hydrogen) atoms. The lowest BCUT2D eigenvalue weighted by Crippen LogP contribution is -2.47. The van der Waals surface area contributed by atoms with Gasteiger partial charge in [-0.15, -0.1) is 0 Å². The first kappa shape index (κ1) is 39.1. The molecule has 0 saturated carbocycles. The van der Waals surface area contributed by atoms with Gasteiger partial charge in [0.15, 0.2) is 0 Å². The molecule has 274 valence electrons. The summed E-state index contributed by atoms with van der Waals surface area (Å²) in [6, 6.07) is 15.5. The number of carbonyl (C=O) groups excluding carboxylic acids is 1. The lowest BCUT2D eigenvalue weighted by molar-refractivity contribution is -0.137. The number of likely N-dealkylation sites (N-methyl/N-ethyl adjacent to an activating group) is 1. The Bertz CT molecular complexity index is 1670. The minimum atomic E-state index is -4.41. The summed E-state index contributed by atoms with van der Waals surface area (Å²) in [6.45, 7) is 8.65. The highest BCUT2D eigenvalue weighted by Crippen LogP contribution is 2.31. The first-order chi connectivity index (χ1) is 23.6. The molecule has 4 atom stereocenters. The number of alkyl halides is 3. The third kappa shape index (κ3) is 10.7. The van der Waals surface area contributed by atoms with E-state index in [0.29, 0.717) is 31.9 Å². The average molecular weight is 720 g/mol. The van der Waals surface area contributed by atoms with Gasteiger partial charge >= 0.3 is 6.18 Å².